The summed E-state index contributed by atoms with van der Waals surface area (Å²) in [5, 5.41) is 6.38. The third-order valence-electron chi connectivity index (χ3n) is 3.16. The Morgan fingerprint density at radius 3 is 2.43 bits per heavy atom. The van der Waals surface area contributed by atoms with Crippen molar-refractivity contribution in [3.8, 4) is 11.3 Å². The molecule has 0 fully saturated rings. The lowest BCUT2D eigenvalue weighted by atomic mass is 10.0. The van der Waals surface area contributed by atoms with Gasteiger partial charge in [0.2, 0.25) is 0 Å². The van der Waals surface area contributed by atoms with Gasteiger partial charge in [-0.25, -0.2) is 17.6 Å². The SMILES string of the molecule is FC(F)c1[nH]nc(-c2cccc3cccnc23)c1C(F)F. The number of halogens is 4. The lowest BCUT2D eigenvalue weighted by Gasteiger charge is -2.06. The van der Waals surface area contributed by atoms with Crippen molar-refractivity contribution in [2.45, 2.75) is 12.9 Å². The fraction of sp³-hybridized carbons (Fsp3) is 0.143. The van der Waals surface area contributed by atoms with E-state index in [0.717, 1.165) is 5.39 Å². The maximum atomic E-state index is 13.2. The maximum Gasteiger partial charge on any atom is 0.280 e. The minimum Gasteiger partial charge on any atom is -0.276 e. The number of nitrogens with one attached hydrogen (secondary N) is 1. The van der Waals surface area contributed by atoms with Crippen LogP contribution in [0.5, 0.6) is 0 Å². The zero-order valence-electron chi connectivity index (χ0n) is 10.5. The van der Waals surface area contributed by atoms with Crippen molar-refractivity contribution in [2.24, 2.45) is 0 Å². The van der Waals surface area contributed by atoms with Gasteiger partial charge in [-0.15, -0.1) is 0 Å². The first-order valence-corrected chi connectivity index (χ1v) is 6.08. The van der Waals surface area contributed by atoms with Crippen molar-refractivity contribution in [1.82, 2.24) is 15.2 Å². The molecule has 0 spiro atoms. The molecule has 0 unspecified atom stereocenters. The number of rotatable bonds is 3. The smallest absolute Gasteiger partial charge is 0.276 e. The molecular formula is C14H9F4N3. The molecule has 3 nitrogen and oxygen atoms in total. The van der Waals surface area contributed by atoms with E-state index in [2.05, 4.69) is 10.1 Å². The molecule has 0 aliphatic heterocycles. The molecule has 21 heavy (non-hydrogen) atoms. The Balaban J connectivity index is 2.29. The van der Waals surface area contributed by atoms with Crippen molar-refractivity contribution in [3.05, 3.63) is 47.8 Å². The quantitative estimate of drug-likeness (QED) is 0.723. The monoisotopic (exact) mass is 295 g/mol. The summed E-state index contributed by atoms with van der Waals surface area (Å²) in [5.41, 5.74) is -1.08. The average molecular weight is 295 g/mol. The number of H-pyrrole nitrogens is 1. The van der Waals surface area contributed by atoms with Gasteiger partial charge in [0.15, 0.2) is 0 Å². The molecule has 0 aliphatic rings. The lowest BCUT2D eigenvalue weighted by Crippen LogP contribution is -1.95. The van der Waals surface area contributed by atoms with Crippen LogP contribution in [0.2, 0.25) is 0 Å². The van der Waals surface area contributed by atoms with E-state index in [9.17, 15) is 17.6 Å². The first-order chi connectivity index (χ1) is 10.1. The van der Waals surface area contributed by atoms with Gasteiger partial charge in [0.1, 0.15) is 11.4 Å². The van der Waals surface area contributed by atoms with Crippen LogP contribution in [0.15, 0.2) is 36.5 Å². The van der Waals surface area contributed by atoms with Crippen LogP contribution in [0.1, 0.15) is 24.1 Å². The first-order valence-electron chi connectivity index (χ1n) is 6.08. The predicted molar refractivity (Wildman–Crippen MR) is 69.2 cm³/mol. The fourth-order valence-electron chi connectivity index (χ4n) is 2.25. The summed E-state index contributed by atoms with van der Waals surface area (Å²) in [6.45, 7) is 0. The highest BCUT2D eigenvalue weighted by atomic mass is 19.3. The number of para-hydroxylation sites is 1. The van der Waals surface area contributed by atoms with E-state index in [1.165, 1.54) is 12.3 Å². The highest BCUT2D eigenvalue weighted by molar-refractivity contribution is 5.93. The van der Waals surface area contributed by atoms with Gasteiger partial charge in [-0.05, 0) is 6.07 Å². The molecule has 0 atom stereocenters. The Hall–Kier alpha value is -2.44. The van der Waals surface area contributed by atoms with Crippen molar-refractivity contribution in [1.29, 1.82) is 0 Å². The molecule has 0 saturated heterocycles. The number of benzene rings is 1. The molecule has 0 aliphatic carbocycles. The molecule has 2 aromatic heterocycles. The van der Waals surface area contributed by atoms with Gasteiger partial charge < -0.3 is 0 Å². The van der Waals surface area contributed by atoms with Crippen LogP contribution in [-0.2, 0) is 0 Å². The number of hydrogen-bond donors (Lipinski definition) is 1. The molecule has 3 aromatic rings. The van der Waals surface area contributed by atoms with Crippen molar-refractivity contribution >= 4 is 10.9 Å². The fourth-order valence-corrected chi connectivity index (χ4v) is 2.25. The Morgan fingerprint density at radius 2 is 1.71 bits per heavy atom. The van der Waals surface area contributed by atoms with Gasteiger partial charge in [-0.1, -0.05) is 24.3 Å². The normalized spacial score (nSPS) is 11.7. The number of aromatic nitrogens is 3. The summed E-state index contributed by atoms with van der Waals surface area (Å²) in [4.78, 5) is 4.13. The van der Waals surface area contributed by atoms with Crippen LogP contribution in [0.25, 0.3) is 22.2 Å². The van der Waals surface area contributed by atoms with E-state index in [1.807, 2.05) is 5.10 Å². The largest absolute Gasteiger partial charge is 0.280 e. The van der Waals surface area contributed by atoms with E-state index in [0.29, 0.717) is 11.1 Å². The van der Waals surface area contributed by atoms with Gasteiger partial charge >= 0.3 is 0 Å². The molecule has 2 heterocycles. The van der Waals surface area contributed by atoms with Crippen LogP contribution in [0, 0.1) is 0 Å². The third kappa shape index (κ3) is 2.24. The van der Waals surface area contributed by atoms with E-state index < -0.39 is 24.1 Å². The van der Waals surface area contributed by atoms with Crippen molar-refractivity contribution < 1.29 is 17.6 Å². The Morgan fingerprint density at radius 1 is 0.952 bits per heavy atom. The number of aromatic amines is 1. The summed E-state index contributed by atoms with van der Waals surface area (Å²) in [7, 11) is 0. The second-order valence-corrected chi connectivity index (χ2v) is 4.38. The van der Waals surface area contributed by atoms with Gasteiger partial charge in [0.05, 0.1) is 11.1 Å². The van der Waals surface area contributed by atoms with Crippen LogP contribution < -0.4 is 0 Å². The summed E-state index contributed by atoms with van der Waals surface area (Å²) in [6, 6.07) is 8.40. The molecule has 0 radical (unpaired) electrons. The van der Waals surface area contributed by atoms with Crippen molar-refractivity contribution in [3.63, 3.8) is 0 Å². The van der Waals surface area contributed by atoms with Crippen molar-refractivity contribution in [2.75, 3.05) is 0 Å². The molecule has 1 aromatic carbocycles. The minimum absolute atomic E-state index is 0.190. The van der Waals surface area contributed by atoms with Gasteiger partial charge in [-0.3, -0.25) is 10.1 Å². The second-order valence-electron chi connectivity index (χ2n) is 4.38. The zero-order valence-corrected chi connectivity index (χ0v) is 10.5. The van der Waals surface area contributed by atoms with Gasteiger partial charge in [0.25, 0.3) is 12.9 Å². The van der Waals surface area contributed by atoms with Crippen LogP contribution in [0.3, 0.4) is 0 Å². The molecule has 7 heteroatoms. The van der Waals surface area contributed by atoms with E-state index >= 15 is 0 Å². The van der Waals surface area contributed by atoms with Gasteiger partial charge in [-0.2, -0.15) is 5.10 Å². The lowest BCUT2D eigenvalue weighted by molar-refractivity contribution is 0.122. The van der Waals surface area contributed by atoms with E-state index in [1.54, 1.807) is 24.3 Å². The standard InChI is InChI=1S/C14H9F4N3/c15-13(16)9-11(20-21-12(9)14(17)18)8-5-1-3-7-4-2-6-19-10(7)8/h1-6,13-14H,(H,20,21). The Labute approximate surface area is 116 Å². The number of hydrogen-bond acceptors (Lipinski definition) is 2. The topological polar surface area (TPSA) is 41.6 Å². The average Bonchev–Trinajstić information content (AvgIpc) is 2.91. The van der Waals surface area contributed by atoms with Crippen LogP contribution in [0.4, 0.5) is 17.6 Å². The summed E-state index contributed by atoms with van der Waals surface area (Å²) in [5.74, 6) is 0. The first kappa shape index (κ1) is 13.5. The maximum absolute atomic E-state index is 13.2. The Bertz CT molecular complexity index is 777. The number of nitrogens with zero attached hydrogens (tertiary/aromatic N) is 2. The summed E-state index contributed by atoms with van der Waals surface area (Å²) < 4.78 is 51.9. The number of alkyl halides is 4. The number of pyridine rings is 1. The highest BCUT2D eigenvalue weighted by Crippen LogP contribution is 2.38. The highest BCUT2D eigenvalue weighted by Gasteiger charge is 2.28. The summed E-state index contributed by atoms with van der Waals surface area (Å²) in [6.07, 6.45) is -4.59. The van der Waals surface area contributed by atoms with E-state index in [4.69, 9.17) is 0 Å². The molecule has 3 rings (SSSR count). The molecule has 0 bridgehead atoms. The zero-order chi connectivity index (χ0) is 15.0. The van der Waals surface area contributed by atoms with Crippen LogP contribution in [-0.4, -0.2) is 15.2 Å². The Kier molecular flexibility index (Phi) is 3.32. The van der Waals surface area contributed by atoms with E-state index in [-0.39, 0.29) is 5.69 Å². The predicted octanol–water partition coefficient (Wildman–Crippen LogP) is 4.50. The molecular weight excluding hydrogens is 286 g/mol. The second kappa shape index (κ2) is 5.16. The summed E-state index contributed by atoms with van der Waals surface area (Å²) >= 11 is 0. The number of fused-ring (bicyclic) bond motifs is 1. The van der Waals surface area contributed by atoms with Gasteiger partial charge in [0, 0.05) is 17.1 Å². The minimum atomic E-state index is -3.05. The van der Waals surface area contributed by atoms with Crippen LogP contribution >= 0.6 is 0 Å². The molecule has 0 saturated carbocycles. The molecule has 1 N–H and O–H groups in total. The third-order valence-corrected chi connectivity index (χ3v) is 3.16. The molecule has 0 amide bonds. The molecule has 108 valence electrons.